The summed E-state index contributed by atoms with van der Waals surface area (Å²) in [6.07, 6.45) is 1.52. The smallest absolute Gasteiger partial charge is 0.281 e. The number of benzene rings is 2. The van der Waals surface area contributed by atoms with Crippen LogP contribution in [0.4, 0.5) is 9.93 Å². The minimum absolute atomic E-state index is 0.158. The number of aryl methyl sites for hydroxylation is 1. The van der Waals surface area contributed by atoms with Gasteiger partial charge in [-0.2, -0.15) is 0 Å². The highest BCUT2D eigenvalue weighted by atomic mass is 32.1. The van der Waals surface area contributed by atoms with E-state index >= 15 is 0 Å². The quantitative estimate of drug-likeness (QED) is 0.393. The molecule has 0 bridgehead atoms. The fraction of sp³-hybridized carbons (Fsp3) is 0.200. The van der Waals surface area contributed by atoms with Crippen molar-refractivity contribution >= 4 is 40.6 Å². The lowest BCUT2D eigenvalue weighted by Crippen LogP contribution is -2.48. The van der Waals surface area contributed by atoms with Crippen LogP contribution in [0.1, 0.15) is 17.5 Å². The van der Waals surface area contributed by atoms with E-state index in [-0.39, 0.29) is 5.91 Å². The molecule has 1 heterocycles. The van der Waals surface area contributed by atoms with Gasteiger partial charge in [0.15, 0.2) is 3.95 Å². The molecule has 0 atom stereocenters. The molecule has 0 aliphatic carbocycles. The number of aromatic amines is 1. The van der Waals surface area contributed by atoms with Crippen molar-refractivity contribution in [3.05, 3.63) is 75.7 Å². The van der Waals surface area contributed by atoms with Crippen molar-refractivity contribution in [3.8, 4) is 0 Å². The molecule has 1 aromatic heterocycles. The van der Waals surface area contributed by atoms with Crippen LogP contribution in [0.2, 0.25) is 0 Å². The van der Waals surface area contributed by atoms with Crippen molar-refractivity contribution in [2.24, 2.45) is 0 Å². The zero-order chi connectivity index (χ0) is 20.5. The Kier molecular flexibility index (Phi) is 7.48. The van der Waals surface area contributed by atoms with Gasteiger partial charge in [0, 0.05) is 13.0 Å². The fourth-order valence-corrected chi connectivity index (χ4v) is 3.47. The number of hydrazine groups is 1. The number of hydrogen-bond donors (Lipinski definition) is 3. The fourth-order valence-electron chi connectivity index (χ4n) is 2.69. The second kappa shape index (κ2) is 10.5. The zero-order valence-corrected chi connectivity index (χ0v) is 17.3. The molecule has 0 spiro atoms. The van der Waals surface area contributed by atoms with Gasteiger partial charge in [0.05, 0.1) is 0 Å². The Balaban J connectivity index is 1.61. The average Bonchev–Trinajstić information content (AvgIpc) is 3.15. The first-order valence-electron chi connectivity index (χ1n) is 9.11. The third-order valence-corrected chi connectivity index (χ3v) is 5.14. The van der Waals surface area contributed by atoms with Crippen molar-refractivity contribution in [1.29, 1.82) is 0 Å². The summed E-state index contributed by atoms with van der Waals surface area (Å²) in [5.74, 6) is -0.158. The molecule has 2 aromatic carbocycles. The van der Waals surface area contributed by atoms with E-state index in [0.29, 0.717) is 34.9 Å². The summed E-state index contributed by atoms with van der Waals surface area (Å²) in [4.78, 5) is 25.1. The monoisotopic (exact) mass is 427 g/mol. The van der Waals surface area contributed by atoms with Gasteiger partial charge in [-0.1, -0.05) is 72.0 Å². The number of carbonyl (C=O) groups is 2. The van der Waals surface area contributed by atoms with Crippen LogP contribution in [0, 0.1) is 3.95 Å². The van der Waals surface area contributed by atoms with E-state index in [0.717, 1.165) is 22.5 Å². The van der Waals surface area contributed by atoms with E-state index < -0.39 is 6.03 Å². The Labute approximate surface area is 177 Å². The van der Waals surface area contributed by atoms with Crippen LogP contribution < -0.4 is 10.7 Å². The summed E-state index contributed by atoms with van der Waals surface area (Å²) in [6, 6.07) is 19.1. The lowest BCUT2D eigenvalue weighted by molar-refractivity contribution is -0.133. The Morgan fingerprint density at radius 3 is 2.21 bits per heavy atom. The standard InChI is InChI=1S/C20H21N5O2S2/c26-17(12-11-15-7-3-1-4-8-15)25(14-13-16-9-5-2-6-10-16)24-18(27)21-19-22-23-20(28)29-19/h1-10H,11-14H2,(H,23,28)(H2,21,22,24,27). The largest absolute Gasteiger partial charge is 0.339 e. The van der Waals surface area contributed by atoms with Gasteiger partial charge in [-0.25, -0.2) is 10.2 Å². The minimum atomic E-state index is -0.538. The number of amides is 3. The maximum atomic E-state index is 12.8. The van der Waals surface area contributed by atoms with E-state index in [9.17, 15) is 9.59 Å². The van der Waals surface area contributed by atoms with Gasteiger partial charge in [-0.3, -0.25) is 20.2 Å². The summed E-state index contributed by atoms with van der Waals surface area (Å²) in [6.45, 7) is 0.362. The van der Waals surface area contributed by atoms with Gasteiger partial charge in [-0.05, 0) is 36.2 Å². The van der Waals surface area contributed by atoms with Gasteiger partial charge in [-0.15, -0.1) is 5.10 Å². The molecule has 3 aromatic rings. The third kappa shape index (κ3) is 6.81. The van der Waals surface area contributed by atoms with Crippen molar-refractivity contribution in [2.45, 2.75) is 19.3 Å². The third-order valence-electron chi connectivity index (χ3n) is 4.13. The van der Waals surface area contributed by atoms with Crippen molar-refractivity contribution < 1.29 is 9.59 Å². The molecule has 0 radical (unpaired) electrons. The predicted octanol–water partition coefficient (Wildman–Crippen LogP) is 3.94. The van der Waals surface area contributed by atoms with Crippen molar-refractivity contribution in [3.63, 3.8) is 0 Å². The highest BCUT2D eigenvalue weighted by Crippen LogP contribution is 2.11. The van der Waals surface area contributed by atoms with Gasteiger partial charge in [0.1, 0.15) is 0 Å². The molecule has 29 heavy (non-hydrogen) atoms. The Morgan fingerprint density at radius 2 is 1.62 bits per heavy atom. The van der Waals surface area contributed by atoms with Crippen molar-refractivity contribution in [2.75, 3.05) is 11.9 Å². The van der Waals surface area contributed by atoms with Crippen LogP contribution in [0.25, 0.3) is 0 Å². The normalized spacial score (nSPS) is 10.3. The summed E-state index contributed by atoms with van der Waals surface area (Å²) < 4.78 is 0.458. The number of hydrogen-bond acceptors (Lipinski definition) is 5. The van der Waals surface area contributed by atoms with E-state index in [1.807, 2.05) is 60.7 Å². The number of carbonyl (C=O) groups excluding carboxylic acids is 2. The van der Waals surface area contributed by atoms with E-state index in [1.54, 1.807) is 0 Å². The van der Waals surface area contributed by atoms with Crippen molar-refractivity contribution in [1.82, 2.24) is 20.6 Å². The maximum Gasteiger partial charge on any atom is 0.339 e. The number of anilines is 1. The second-order valence-corrected chi connectivity index (χ2v) is 7.92. The second-order valence-electron chi connectivity index (χ2n) is 6.25. The van der Waals surface area contributed by atoms with Crippen LogP contribution in [0.3, 0.4) is 0 Å². The summed E-state index contributed by atoms with van der Waals surface area (Å²) in [5.41, 5.74) is 4.79. The van der Waals surface area contributed by atoms with Gasteiger partial charge in [0.2, 0.25) is 11.0 Å². The summed E-state index contributed by atoms with van der Waals surface area (Å²) in [5, 5.41) is 10.8. The molecule has 0 saturated heterocycles. The van der Waals surface area contributed by atoms with Crippen LogP contribution >= 0.6 is 23.6 Å². The Morgan fingerprint density at radius 1 is 1.00 bits per heavy atom. The molecule has 0 aliphatic rings. The van der Waals surface area contributed by atoms with Gasteiger partial charge >= 0.3 is 6.03 Å². The number of nitrogens with one attached hydrogen (secondary N) is 3. The molecule has 3 N–H and O–H groups in total. The molecule has 9 heteroatoms. The lowest BCUT2D eigenvalue weighted by Gasteiger charge is -2.23. The summed E-state index contributed by atoms with van der Waals surface area (Å²) in [7, 11) is 0. The highest BCUT2D eigenvalue weighted by Gasteiger charge is 2.17. The number of aromatic nitrogens is 2. The van der Waals surface area contributed by atoms with Crippen LogP contribution in [0.15, 0.2) is 60.7 Å². The average molecular weight is 428 g/mol. The van der Waals surface area contributed by atoms with Gasteiger partial charge in [0.25, 0.3) is 0 Å². The van der Waals surface area contributed by atoms with E-state index in [4.69, 9.17) is 12.2 Å². The van der Waals surface area contributed by atoms with E-state index in [1.165, 1.54) is 5.01 Å². The first kappa shape index (κ1) is 20.7. The predicted molar refractivity (Wildman–Crippen MR) is 116 cm³/mol. The topological polar surface area (TPSA) is 90.1 Å². The van der Waals surface area contributed by atoms with Crippen LogP contribution in [-0.2, 0) is 17.6 Å². The SMILES string of the molecule is O=C(Nc1n[nH]c(=S)s1)NN(CCc1ccccc1)C(=O)CCc1ccccc1. The maximum absolute atomic E-state index is 12.8. The molecule has 3 rings (SSSR count). The molecule has 0 saturated carbocycles. The van der Waals surface area contributed by atoms with Crippen LogP contribution in [0.5, 0.6) is 0 Å². The molecule has 0 unspecified atom stereocenters. The van der Waals surface area contributed by atoms with Crippen LogP contribution in [-0.4, -0.2) is 33.7 Å². The molecule has 150 valence electrons. The molecule has 0 aliphatic heterocycles. The first-order chi connectivity index (χ1) is 14.1. The molecule has 0 fully saturated rings. The molecular formula is C20H21N5O2S2. The highest BCUT2D eigenvalue weighted by molar-refractivity contribution is 7.73. The van der Waals surface area contributed by atoms with E-state index in [2.05, 4.69) is 20.9 Å². The number of H-pyrrole nitrogens is 1. The molecule has 7 nitrogen and oxygen atoms in total. The zero-order valence-electron chi connectivity index (χ0n) is 15.6. The number of urea groups is 1. The molecule has 3 amide bonds. The number of nitrogens with zero attached hydrogens (tertiary/aromatic N) is 2. The summed E-state index contributed by atoms with van der Waals surface area (Å²) >= 11 is 6.10. The van der Waals surface area contributed by atoms with Gasteiger partial charge < -0.3 is 0 Å². The number of rotatable bonds is 7. The Bertz CT molecular complexity index is 989. The first-order valence-corrected chi connectivity index (χ1v) is 10.3. The lowest BCUT2D eigenvalue weighted by atomic mass is 10.1. The Hall–Kier alpha value is -3.04. The molecular weight excluding hydrogens is 406 g/mol. The minimum Gasteiger partial charge on any atom is -0.281 e.